The maximum atomic E-state index is 12.3. The average Bonchev–Trinajstić information content (AvgIpc) is 3.17. The van der Waals surface area contributed by atoms with Crippen LogP contribution in [0.5, 0.6) is 0 Å². The van der Waals surface area contributed by atoms with Crippen LogP contribution in [-0.2, 0) is 5.75 Å². The maximum absolute atomic E-state index is 12.3. The van der Waals surface area contributed by atoms with E-state index in [4.69, 9.17) is 0 Å². The summed E-state index contributed by atoms with van der Waals surface area (Å²) in [6.45, 7) is 0. The molecule has 1 heterocycles. The third-order valence-electron chi connectivity index (χ3n) is 4.13. The Labute approximate surface area is 185 Å². The molecule has 4 aromatic rings. The number of thioether (sulfide) groups is 1. The van der Waals surface area contributed by atoms with E-state index in [-0.39, 0.29) is 5.91 Å². The molecule has 0 bridgehead atoms. The summed E-state index contributed by atoms with van der Waals surface area (Å²) in [7, 11) is 0. The number of halogens is 1. The molecule has 0 saturated carbocycles. The van der Waals surface area contributed by atoms with Crippen molar-refractivity contribution in [2.45, 2.75) is 10.1 Å². The van der Waals surface area contributed by atoms with Crippen molar-refractivity contribution in [1.29, 1.82) is 0 Å². The number of para-hydroxylation sites is 1. The number of carbonyl (C=O) groups excluding carboxylic acids is 1. The van der Waals surface area contributed by atoms with Crippen molar-refractivity contribution in [3.63, 3.8) is 0 Å². The van der Waals surface area contributed by atoms with E-state index >= 15 is 0 Å². The number of benzene rings is 3. The number of carbonyl (C=O) groups is 1. The molecule has 0 aliphatic heterocycles. The van der Waals surface area contributed by atoms with Crippen molar-refractivity contribution in [2.24, 2.45) is 5.10 Å². The zero-order chi connectivity index (χ0) is 20.1. The minimum absolute atomic E-state index is 0.237. The number of aromatic nitrogens is 1. The molecule has 0 saturated heterocycles. The summed E-state index contributed by atoms with van der Waals surface area (Å²) in [5.74, 6) is 0.570. The fourth-order valence-electron chi connectivity index (χ4n) is 2.62. The molecule has 0 unspecified atom stereocenters. The first kappa shape index (κ1) is 19.8. The molecule has 0 spiro atoms. The quantitative estimate of drug-likeness (QED) is 0.205. The summed E-state index contributed by atoms with van der Waals surface area (Å²) in [5.41, 5.74) is 6.21. The van der Waals surface area contributed by atoms with E-state index in [0.717, 1.165) is 31.2 Å². The van der Waals surface area contributed by atoms with Crippen molar-refractivity contribution in [3.05, 3.63) is 94.0 Å². The number of rotatable bonds is 6. The monoisotopic (exact) mass is 481 g/mol. The molecule has 1 amide bonds. The van der Waals surface area contributed by atoms with Crippen LogP contribution in [-0.4, -0.2) is 17.1 Å². The van der Waals surface area contributed by atoms with E-state index < -0.39 is 0 Å². The van der Waals surface area contributed by atoms with Gasteiger partial charge in [-0.2, -0.15) is 5.10 Å². The molecule has 0 fully saturated rings. The van der Waals surface area contributed by atoms with E-state index in [1.807, 2.05) is 66.7 Å². The fourth-order valence-corrected chi connectivity index (χ4v) is 5.03. The molecular formula is C22H16BrN3OS2. The van der Waals surface area contributed by atoms with Gasteiger partial charge in [0.2, 0.25) is 0 Å². The third-order valence-corrected chi connectivity index (χ3v) is 7.10. The van der Waals surface area contributed by atoms with Gasteiger partial charge in [-0.15, -0.1) is 11.3 Å². The second kappa shape index (κ2) is 9.35. The standard InChI is InChI=1S/C22H16BrN3OS2/c23-18-6-2-1-5-17(18)13-24-26-21(27)16-11-9-15(10-12-16)14-28-22-25-19-7-3-4-8-20(19)29-22/h1-13H,14H2,(H,26,27). The zero-order valence-electron chi connectivity index (χ0n) is 15.2. The molecule has 4 rings (SSSR count). The summed E-state index contributed by atoms with van der Waals surface area (Å²) < 4.78 is 3.17. The number of fused-ring (bicyclic) bond motifs is 1. The van der Waals surface area contributed by atoms with Crippen LogP contribution in [0.25, 0.3) is 10.2 Å². The van der Waals surface area contributed by atoms with Crippen LogP contribution in [0.4, 0.5) is 0 Å². The van der Waals surface area contributed by atoms with Crippen LogP contribution in [0.15, 0.2) is 86.7 Å². The first-order valence-electron chi connectivity index (χ1n) is 8.84. The van der Waals surface area contributed by atoms with Crippen molar-refractivity contribution in [1.82, 2.24) is 10.4 Å². The molecule has 144 valence electrons. The fraction of sp³-hybridized carbons (Fsp3) is 0.0455. The minimum atomic E-state index is -0.237. The van der Waals surface area contributed by atoms with Gasteiger partial charge in [0.1, 0.15) is 0 Å². The Bertz CT molecular complexity index is 1140. The molecule has 0 atom stereocenters. The van der Waals surface area contributed by atoms with Crippen molar-refractivity contribution < 1.29 is 4.79 Å². The van der Waals surface area contributed by atoms with Gasteiger partial charge in [0.25, 0.3) is 5.91 Å². The summed E-state index contributed by atoms with van der Waals surface area (Å²) >= 11 is 6.85. The lowest BCUT2D eigenvalue weighted by Crippen LogP contribution is -2.17. The van der Waals surface area contributed by atoms with Crippen LogP contribution < -0.4 is 5.43 Å². The predicted molar refractivity (Wildman–Crippen MR) is 125 cm³/mol. The molecule has 3 aromatic carbocycles. The normalized spacial score (nSPS) is 11.2. The Hall–Kier alpha value is -2.48. The van der Waals surface area contributed by atoms with Crippen molar-refractivity contribution >= 4 is 61.4 Å². The van der Waals surface area contributed by atoms with Crippen molar-refractivity contribution in [3.8, 4) is 0 Å². The van der Waals surface area contributed by atoms with E-state index in [1.165, 1.54) is 4.70 Å². The summed E-state index contributed by atoms with van der Waals surface area (Å²) in [5, 5.41) is 4.03. The highest BCUT2D eigenvalue weighted by Gasteiger charge is 2.07. The van der Waals surface area contributed by atoms with Crippen LogP contribution in [0, 0.1) is 0 Å². The van der Waals surface area contributed by atoms with Crippen LogP contribution in [0.3, 0.4) is 0 Å². The van der Waals surface area contributed by atoms with Crippen LogP contribution >= 0.6 is 39.0 Å². The second-order valence-corrected chi connectivity index (χ2v) is 9.26. The van der Waals surface area contributed by atoms with Gasteiger partial charge >= 0.3 is 0 Å². The van der Waals surface area contributed by atoms with Gasteiger partial charge in [-0.05, 0) is 35.9 Å². The average molecular weight is 482 g/mol. The molecule has 1 N–H and O–H groups in total. The van der Waals surface area contributed by atoms with Gasteiger partial charge in [0, 0.05) is 21.4 Å². The predicted octanol–water partition coefficient (Wildman–Crippen LogP) is 6.12. The Morgan fingerprint density at radius 1 is 1.07 bits per heavy atom. The number of nitrogens with one attached hydrogen (secondary N) is 1. The first-order valence-corrected chi connectivity index (χ1v) is 11.4. The molecule has 7 heteroatoms. The van der Waals surface area contributed by atoms with E-state index in [0.29, 0.717) is 5.56 Å². The number of thiazole rings is 1. The third kappa shape index (κ3) is 5.12. The van der Waals surface area contributed by atoms with Gasteiger partial charge in [-0.3, -0.25) is 4.79 Å². The lowest BCUT2D eigenvalue weighted by molar-refractivity contribution is 0.0955. The first-order chi connectivity index (χ1) is 14.2. The molecule has 29 heavy (non-hydrogen) atoms. The van der Waals surface area contributed by atoms with Gasteiger partial charge in [-0.1, -0.05) is 70.2 Å². The lowest BCUT2D eigenvalue weighted by Gasteiger charge is -2.03. The lowest BCUT2D eigenvalue weighted by atomic mass is 10.1. The smallest absolute Gasteiger partial charge is 0.267 e. The van der Waals surface area contributed by atoms with E-state index in [2.05, 4.69) is 37.5 Å². The number of amides is 1. The van der Waals surface area contributed by atoms with Gasteiger partial charge in [0.15, 0.2) is 4.34 Å². The molecule has 4 nitrogen and oxygen atoms in total. The SMILES string of the molecule is O=C(NN=Cc1ccccc1Br)c1ccc(CSc2nc3ccccc3s2)cc1. The van der Waals surface area contributed by atoms with Gasteiger partial charge in [0.05, 0.1) is 16.4 Å². The van der Waals surface area contributed by atoms with E-state index in [1.54, 1.807) is 29.3 Å². The largest absolute Gasteiger partial charge is 0.271 e. The molecule has 0 radical (unpaired) electrons. The second-order valence-electron chi connectivity index (χ2n) is 6.15. The Kier molecular flexibility index (Phi) is 6.39. The number of hydrazone groups is 1. The highest BCUT2D eigenvalue weighted by molar-refractivity contribution is 9.10. The number of hydrogen-bond acceptors (Lipinski definition) is 5. The zero-order valence-corrected chi connectivity index (χ0v) is 18.4. The molecule has 0 aliphatic carbocycles. The Balaban J connectivity index is 1.33. The molecular weight excluding hydrogens is 466 g/mol. The van der Waals surface area contributed by atoms with Crippen LogP contribution in [0.1, 0.15) is 21.5 Å². The van der Waals surface area contributed by atoms with Gasteiger partial charge < -0.3 is 0 Å². The van der Waals surface area contributed by atoms with Crippen molar-refractivity contribution in [2.75, 3.05) is 0 Å². The maximum Gasteiger partial charge on any atom is 0.271 e. The Morgan fingerprint density at radius 2 is 1.83 bits per heavy atom. The molecule has 0 aliphatic rings. The van der Waals surface area contributed by atoms with Crippen LogP contribution in [0.2, 0.25) is 0 Å². The highest BCUT2D eigenvalue weighted by Crippen LogP contribution is 2.31. The minimum Gasteiger partial charge on any atom is -0.267 e. The summed E-state index contributed by atoms with van der Waals surface area (Å²) in [4.78, 5) is 16.9. The number of hydrogen-bond donors (Lipinski definition) is 1. The topological polar surface area (TPSA) is 54.4 Å². The summed E-state index contributed by atoms with van der Waals surface area (Å²) in [6.07, 6.45) is 1.62. The van der Waals surface area contributed by atoms with E-state index in [9.17, 15) is 4.79 Å². The highest BCUT2D eigenvalue weighted by atomic mass is 79.9. The number of nitrogens with zero attached hydrogens (tertiary/aromatic N) is 2. The molecule has 1 aromatic heterocycles. The van der Waals surface area contributed by atoms with Gasteiger partial charge in [-0.25, -0.2) is 10.4 Å². The summed E-state index contributed by atoms with van der Waals surface area (Å²) in [6, 6.07) is 23.4. The Morgan fingerprint density at radius 3 is 2.62 bits per heavy atom.